The first-order valence-corrected chi connectivity index (χ1v) is 9.95. The van der Waals surface area contributed by atoms with E-state index in [0.717, 1.165) is 9.75 Å². The van der Waals surface area contributed by atoms with E-state index >= 15 is 0 Å². The maximum Gasteiger partial charge on any atom is 0.251 e. The highest BCUT2D eigenvalue weighted by Gasteiger charge is 2.33. The number of carbonyl (C=O) groups excluding carboxylic acids is 1. The zero-order chi connectivity index (χ0) is 17.2. The fraction of sp³-hybridized carbons (Fsp3) is 0.667. The molecular formula is C15H24N2O4S2. The lowest BCUT2D eigenvalue weighted by atomic mass is 10.2. The molecule has 23 heavy (non-hydrogen) atoms. The second kappa shape index (κ2) is 7.29. The van der Waals surface area contributed by atoms with Crippen molar-refractivity contribution in [1.82, 2.24) is 9.21 Å². The third-order valence-corrected chi connectivity index (χ3v) is 7.21. The Labute approximate surface area is 142 Å². The highest BCUT2D eigenvalue weighted by molar-refractivity contribution is 7.89. The van der Waals surface area contributed by atoms with Crippen molar-refractivity contribution >= 4 is 27.3 Å². The Morgan fingerprint density at radius 3 is 2.35 bits per heavy atom. The van der Waals surface area contributed by atoms with Gasteiger partial charge in [0.05, 0.1) is 4.90 Å². The molecule has 0 aromatic carbocycles. The molecule has 2 heterocycles. The molecule has 0 radical (unpaired) electrons. The molecule has 1 fully saturated rings. The van der Waals surface area contributed by atoms with Crippen LogP contribution in [0.4, 0.5) is 0 Å². The summed E-state index contributed by atoms with van der Waals surface area (Å²) < 4.78 is 32.1. The van der Waals surface area contributed by atoms with Crippen LogP contribution in [0, 0.1) is 13.8 Å². The predicted molar refractivity (Wildman–Crippen MR) is 90.2 cm³/mol. The van der Waals surface area contributed by atoms with E-state index in [1.165, 1.54) is 22.8 Å². The first-order chi connectivity index (χ1) is 10.8. The second-order valence-electron chi connectivity index (χ2n) is 5.64. The van der Waals surface area contributed by atoms with Crippen molar-refractivity contribution in [3.8, 4) is 0 Å². The van der Waals surface area contributed by atoms with Gasteiger partial charge in [0, 0.05) is 43.0 Å². The molecule has 6 nitrogen and oxygen atoms in total. The fourth-order valence-electron chi connectivity index (χ4n) is 2.80. The standard InChI is InChI=1S/C15H24N2O4S2/c1-5-13(21-4)15(18)16-6-8-17(9-7-16)23(19,20)14-10-11(2)22-12(14)3/h10,13H,5-9H2,1-4H3. The van der Waals surface area contributed by atoms with Gasteiger partial charge in [-0.2, -0.15) is 4.31 Å². The quantitative estimate of drug-likeness (QED) is 0.800. The van der Waals surface area contributed by atoms with E-state index in [-0.39, 0.29) is 5.91 Å². The van der Waals surface area contributed by atoms with Gasteiger partial charge in [0.25, 0.3) is 5.91 Å². The Balaban J connectivity index is 2.07. The molecule has 1 aromatic rings. The lowest BCUT2D eigenvalue weighted by Crippen LogP contribution is -2.53. The number of nitrogens with zero attached hydrogens (tertiary/aromatic N) is 2. The van der Waals surface area contributed by atoms with Crippen molar-refractivity contribution in [1.29, 1.82) is 0 Å². The van der Waals surface area contributed by atoms with Crippen LogP contribution in [0.1, 0.15) is 23.1 Å². The van der Waals surface area contributed by atoms with Gasteiger partial charge in [-0.1, -0.05) is 6.92 Å². The number of methoxy groups -OCH3 is 1. The Kier molecular flexibility index (Phi) is 5.83. The molecule has 2 rings (SSSR count). The van der Waals surface area contributed by atoms with Crippen molar-refractivity contribution in [2.24, 2.45) is 0 Å². The van der Waals surface area contributed by atoms with Crippen LogP contribution in [-0.2, 0) is 19.6 Å². The third-order valence-electron chi connectivity index (χ3n) is 4.09. The molecule has 0 spiro atoms. The largest absolute Gasteiger partial charge is 0.372 e. The number of sulfonamides is 1. The number of piperazine rings is 1. The molecule has 0 N–H and O–H groups in total. The van der Waals surface area contributed by atoms with E-state index in [2.05, 4.69) is 0 Å². The molecule has 1 aromatic heterocycles. The Morgan fingerprint density at radius 1 is 1.30 bits per heavy atom. The monoisotopic (exact) mass is 360 g/mol. The Bertz CT molecular complexity index is 657. The smallest absolute Gasteiger partial charge is 0.251 e. The highest BCUT2D eigenvalue weighted by Crippen LogP contribution is 2.28. The summed E-state index contributed by atoms with van der Waals surface area (Å²) in [5, 5.41) is 0. The highest BCUT2D eigenvalue weighted by atomic mass is 32.2. The Hall–Kier alpha value is -0.960. The molecule has 1 atom stereocenters. The van der Waals surface area contributed by atoms with E-state index in [9.17, 15) is 13.2 Å². The van der Waals surface area contributed by atoms with Crippen molar-refractivity contribution in [3.63, 3.8) is 0 Å². The number of hydrogen-bond donors (Lipinski definition) is 0. The minimum atomic E-state index is -3.48. The van der Waals surface area contributed by atoms with Crippen molar-refractivity contribution in [2.45, 2.75) is 38.2 Å². The van der Waals surface area contributed by atoms with Gasteiger partial charge in [0.2, 0.25) is 10.0 Å². The summed E-state index contributed by atoms with van der Waals surface area (Å²) >= 11 is 1.49. The first-order valence-electron chi connectivity index (χ1n) is 7.70. The van der Waals surface area contributed by atoms with Gasteiger partial charge in [0.1, 0.15) is 6.10 Å². The lowest BCUT2D eigenvalue weighted by Gasteiger charge is -2.35. The van der Waals surface area contributed by atoms with Crippen LogP contribution in [0.5, 0.6) is 0 Å². The molecule has 130 valence electrons. The van der Waals surface area contributed by atoms with Crippen LogP contribution in [0.3, 0.4) is 0 Å². The van der Waals surface area contributed by atoms with Gasteiger partial charge in [-0.15, -0.1) is 11.3 Å². The summed E-state index contributed by atoms with van der Waals surface area (Å²) in [4.78, 5) is 16.2. The van der Waals surface area contributed by atoms with Crippen LogP contribution in [-0.4, -0.2) is 62.9 Å². The van der Waals surface area contributed by atoms with Crippen molar-refractivity contribution in [2.75, 3.05) is 33.3 Å². The average molecular weight is 361 g/mol. The van der Waals surface area contributed by atoms with Crippen molar-refractivity contribution in [3.05, 3.63) is 15.8 Å². The van der Waals surface area contributed by atoms with Gasteiger partial charge < -0.3 is 9.64 Å². The zero-order valence-corrected chi connectivity index (χ0v) is 15.7. The minimum Gasteiger partial charge on any atom is -0.372 e. The van der Waals surface area contributed by atoms with E-state index in [1.807, 2.05) is 20.8 Å². The number of amides is 1. The summed E-state index contributed by atoms with van der Waals surface area (Å²) in [5.74, 6) is -0.0605. The minimum absolute atomic E-state index is 0.0605. The summed E-state index contributed by atoms with van der Waals surface area (Å²) in [6.45, 7) is 7.08. The maximum atomic E-state index is 12.7. The third kappa shape index (κ3) is 3.76. The van der Waals surface area contributed by atoms with Crippen LogP contribution in [0.15, 0.2) is 11.0 Å². The summed E-state index contributed by atoms with van der Waals surface area (Å²) in [6, 6.07) is 1.73. The first kappa shape index (κ1) is 18.4. The molecular weight excluding hydrogens is 336 g/mol. The molecule has 0 saturated carbocycles. The summed E-state index contributed by atoms with van der Waals surface area (Å²) in [7, 11) is -1.96. The SMILES string of the molecule is CCC(OC)C(=O)N1CCN(S(=O)(=O)c2cc(C)sc2C)CC1. The normalized spacial score (nSPS) is 18.2. The van der Waals surface area contributed by atoms with Gasteiger partial charge in [-0.3, -0.25) is 4.79 Å². The molecule has 1 aliphatic rings. The van der Waals surface area contributed by atoms with Gasteiger partial charge in [-0.25, -0.2) is 8.42 Å². The van der Waals surface area contributed by atoms with E-state index in [1.54, 1.807) is 11.0 Å². The van der Waals surface area contributed by atoms with Gasteiger partial charge in [0.15, 0.2) is 0 Å². The number of aryl methyl sites for hydroxylation is 2. The number of thiophene rings is 1. The van der Waals surface area contributed by atoms with Crippen molar-refractivity contribution < 1.29 is 17.9 Å². The lowest BCUT2D eigenvalue weighted by molar-refractivity contribution is -0.143. The molecule has 8 heteroatoms. The van der Waals surface area contributed by atoms with Crippen LogP contribution in [0.2, 0.25) is 0 Å². The van der Waals surface area contributed by atoms with Gasteiger partial charge in [-0.05, 0) is 26.3 Å². The van der Waals surface area contributed by atoms with Crippen LogP contribution in [0.25, 0.3) is 0 Å². The molecule has 1 amide bonds. The number of carbonyl (C=O) groups is 1. The van der Waals surface area contributed by atoms with Gasteiger partial charge >= 0.3 is 0 Å². The fourth-order valence-corrected chi connectivity index (χ4v) is 5.74. The molecule has 1 aliphatic heterocycles. The van der Waals surface area contributed by atoms with Crippen LogP contribution >= 0.6 is 11.3 Å². The molecule has 0 aliphatic carbocycles. The number of hydrogen-bond acceptors (Lipinski definition) is 5. The number of ether oxygens (including phenoxy) is 1. The van der Waals surface area contributed by atoms with E-state index < -0.39 is 16.1 Å². The second-order valence-corrected chi connectivity index (χ2v) is 9.01. The number of rotatable bonds is 5. The maximum absolute atomic E-state index is 12.7. The van der Waals surface area contributed by atoms with Crippen LogP contribution < -0.4 is 0 Å². The zero-order valence-electron chi connectivity index (χ0n) is 14.0. The van der Waals surface area contributed by atoms with E-state index in [0.29, 0.717) is 37.5 Å². The molecule has 0 bridgehead atoms. The Morgan fingerprint density at radius 2 is 1.91 bits per heavy atom. The topological polar surface area (TPSA) is 66.9 Å². The average Bonchev–Trinajstić information content (AvgIpc) is 2.88. The summed E-state index contributed by atoms with van der Waals surface area (Å²) in [6.07, 6.45) is 0.168. The molecule has 1 saturated heterocycles. The van der Waals surface area contributed by atoms with E-state index in [4.69, 9.17) is 4.74 Å². The molecule has 1 unspecified atom stereocenters. The predicted octanol–water partition coefficient (Wildman–Crippen LogP) is 1.62. The summed E-state index contributed by atoms with van der Waals surface area (Å²) in [5.41, 5.74) is 0.